The summed E-state index contributed by atoms with van der Waals surface area (Å²) < 4.78 is 4.97. The van der Waals surface area contributed by atoms with Crippen LogP contribution in [0.15, 0.2) is 41.8 Å². The third kappa shape index (κ3) is 3.19. The van der Waals surface area contributed by atoms with Crippen LogP contribution in [-0.4, -0.2) is 36.7 Å². The van der Waals surface area contributed by atoms with E-state index in [4.69, 9.17) is 4.74 Å². The quantitative estimate of drug-likeness (QED) is 0.900. The van der Waals surface area contributed by atoms with Crippen molar-refractivity contribution in [1.29, 1.82) is 0 Å². The molecule has 2 aromatic rings. The van der Waals surface area contributed by atoms with Gasteiger partial charge in [0.05, 0.1) is 12.6 Å². The number of carbonyl (C=O) groups is 2. The summed E-state index contributed by atoms with van der Waals surface area (Å²) in [5, 5.41) is 5.01. The molecule has 6 nitrogen and oxygen atoms in total. The van der Waals surface area contributed by atoms with Crippen molar-refractivity contribution in [3.8, 4) is 0 Å². The molecule has 1 unspecified atom stereocenters. The molecule has 0 radical (unpaired) electrons. The molecule has 1 aromatic carbocycles. The fraction of sp³-hybridized carbons (Fsp3) is 0.333. The van der Waals surface area contributed by atoms with E-state index in [-0.39, 0.29) is 18.2 Å². The summed E-state index contributed by atoms with van der Waals surface area (Å²) in [5.41, 5.74) is 1.41. The smallest absolute Gasteiger partial charge is 0.414 e. The standard InChI is InChI=1S/C18H19N3O3S/c22-17(21-8-2-6-15(21)16-7-3-11-25-16)19-13-4-1-5-14(12-13)20-9-10-24-18(20)23/h1,3-5,7,11-12,15H,2,6,8-10H2,(H,19,22). The predicted octanol–water partition coefficient (Wildman–Crippen LogP) is 4.07. The molecule has 2 aliphatic rings. The van der Waals surface area contributed by atoms with Gasteiger partial charge >= 0.3 is 12.1 Å². The SMILES string of the molecule is O=C1OCCN1c1cccc(NC(=O)N2CCCC2c2cccs2)c1. The average molecular weight is 357 g/mol. The molecule has 4 rings (SSSR count). The highest BCUT2D eigenvalue weighted by molar-refractivity contribution is 7.10. The predicted molar refractivity (Wildman–Crippen MR) is 97.2 cm³/mol. The van der Waals surface area contributed by atoms with E-state index >= 15 is 0 Å². The second-order valence-corrected chi connectivity index (χ2v) is 7.09. The number of nitrogens with zero attached hydrogens (tertiary/aromatic N) is 2. The van der Waals surface area contributed by atoms with Crippen LogP contribution < -0.4 is 10.2 Å². The number of rotatable bonds is 3. The highest BCUT2D eigenvalue weighted by Crippen LogP contribution is 2.35. The number of anilines is 2. The molecule has 3 amide bonds. The van der Waals surface area contributed by atoms with Gasteiger partial charge in [-0.3, -0.25) is 4.90 Å². The second kappa shape index (κ2) is 6.76. The van der Waals surface area contributed by atoms with Crippen molar-refractivity contribution < 1.29 is 14.3 Å². The molecule has 2 fully saturated rings. The van der Waals surface area contributed by atoms with Gasteiger partial charge in [0.2, 0.25) is 0 Å². The molecule has 1 N–H and O–H groups in total. The van der Waals surface area contributed by atoms with E-state index in [0.29, 0.717) is 18.8 Å². The number of thiophene rings is 1. The molecule has 2 aliphatic heterocycles. The van der Waals surface area contributed by atoms with Crippen LogP contribution in [0.4, 0.5) is 21.0 Å². The van der Waals surface area contributed by atoms with Crippen molar-refractivity contribution in [2.45, 2.75) is 18.9 Å². The summed E-state index contributed by atoms with van der Waals surface area (Å²) in [4.78, 5) is 29.1. The molecule has 0 bridgehead atoms. The Bertz CT molecular complexity index is 778. The van der Waals surface area contributed by atoms with Crippen LogP contribution in [0.3, 0.4) is 0 Å². The highest BCUT2D eigenvalue weighted by atomic mass is 32.1. The van der Waals surface area contributed by atoms with Gasteiger partial charge in [0, 0.05) is 22.8 Å². The van der Waals surface area contributed by atoms with Gasteiger partial charge in [-0.15, -0.1) is 11.3 Å². The van der Waals surface area contributed by atoms with Crippen LogP contribution in [0.2, 0.25) is 0 Å². The van der Waals surface area contributed by atoms with E-state index in [1.807, 2.05) is 34.5 Å². The van der Waals surface area contributed by atoms with Crippen molar-refractivity contribution in [3.05, 3.63) is 46.7 Å². The summed E-state index contributed by atoms with van der Waals surface area (Å²) in [6, 6.07) is 11.5. The molecular weight excluding hydrogens is 338 g/mol. The molecule has 130 valence electrons. The van der Waals surface area contributed by atoms with Gasteiger partial charge < -0.3 is 15.0 Å². The minimum Gasteiger partial charge on any atom is -0.447 e. The van der Waals surface area contributed by atoms with Crippen LogP contribution in [0.5, 0.6) is 0 Å². The zero-order valence-corrected chi connectivity index (χ0v) is 14.5. The number of cyclic esters (lactones) is 1. The molecule has 1 atom stereocenters. The summed E-state index contributed by atoms with van der Waals surface area (Å²) in [5.74, 6) is 0. The Labute approximate surface area is 150 Å². The van der Waals surface area contributed by atoms with Crippen molar-refractivity contribution in [3.63, 3.8) is 0 Å². The third-order valence-electron chi connectivity index (χ3n) is 4.56. The van der Waals surface area contributed by atoms with Gasteiger partial charge in [-0.25, -0.2) is 9.59 Å². The number of benzene rings is 1. The lowest BCUT2D eigenvalue weighted by Crippen LogP contribution is -2.34. The molecule has 0 spiro atoms. The van der Waals surface area contributed by atoms with Crippen LogP contribution >= 0.6 is 11.3 Å². The second-order valence-electron chi connectivity index (χ2n) is 6.11. The lowest BCUT2D eigenvalue weighted by molar-refractivity contribution is 0.181. The number of hydrogen-bond acceptors (Lipinski definition) is 4. The Morgan fingerprint density at radius 2 is 2.16 bits per heavy atom. The Balaban J connectivity index is 1.48. The van der Waals surface area contributed by atoms with Gasteiger partial charge in [-0.2, -0.15) is 0 Å². The minimum atomic E-state index is -0.347. The summed E-state index contributed by atoms with van der Waals surface area (Å²) in [6.45, 7) is 1.68. The van der Waals surface area contributed by atoms with Crippen LogP contribution in [0.25, 0.3) is 0 Å². The van der Waals surface area contributed by atoms with E-state index in [9.17, 15) is 9.59 Å². The first-order chi connectivity index (χ1) is 12.2. The summed E-state index contributed by atoms with van der Waals surface area (Å²) in [6.07, 6.45) is 1.66. The largest absolute Gasteiger partial charge is 0.447 e. The first-order valence-electron chi connectivity index (χ1n) is 8.38. The molecule has 3 heterocycles. The Kier molecular flexibility index (Phi) is 4.31. The lowest BCUT2D eigenvalue weighted by Gasteiger charge is -2.24. The number of hydrogen-bond donors (Lipinski definition) is 1. The first kappa shape index (κ1) is 16.0. The maximum absolute atomic E-state index is 12.7. The lowest BCUT2D eigenvalue weighted by atomic mass is 10.2. The highest BCUT2D eigenvalue weighted by Gasteiger charge is 2.31. The molecule has 0 aliphatic carbocycles. The van der Waals surface area contributed by atoms with Crippen LogP contribution in [0, 0.1) is 0 Å². The maximum atomic E-state index is 12.7. The summed E-state index contributed by atoms with van der Waals surface area (Å²) >= 11 is 1.69. The van der Waals surface area contributed by atoms with Gasteiger partial charge in [0.25, 0.3) is 0 Å². The summed E-state index contributed by atoms with van der Waals surface area (Å²) in [7, 11) is 0. The van der Waals surface area contributed by atoms with Crippen molar-refractivity contribution in [2.24, 2.45) is 0 Å². The average Bonchev–Trinajstić information content (AvgIpc) is 3.36. The molecule has 2 saturated heterocycles. The van der Waals surface area contributed by atoms with Gasteiger partial charge in [0.15, 0.2) is 0 Å². The molecule has 1 aromatic heterocycles. The number of nitrogens with one attached hydrogen (secondary N) is 1. The fourth-order valence-corrected chi connectivity index (χ4v) is 4.23. The zero-order chi connectivity index (χ0) is 17.2. The normalized spacial score (nSPS) is 20.0. The fourth-order valence-electron chi connectivity index (χ4n) is 3.36. The van der Waals surface area contributed by atoms with E-state index in [2.05, 4.69) is 11.4 Å². The van der Waals surface area contributed by atoms with Gasteiger partial charge in [-0.05, 0) is 42.5 Å². The number of carbonyl (C=O) groups excluding carboxylic acids is 2. The monoisotopic (exact) mass is 357 g/mol. The van der Waals surface area contributed by atoms with Crippen LogP contribution in [-0.2, 0) is 4.74 Å². The Morgan fingerprint density at radius 1 is 1.24 bits per heavy atom. The van der Waals surface area contributed by atoms with Crippen molar-refractivity contribution in [1.82, 2.24) is 4.90 Å². The van der Waals surface area contributed by atoms with Gasteiger partial charge in [0.1, 0.15) is 6.61 Å². The minimum absolute atomic E-state index is 0.1000. The maximum Gasteiger partial charge on any atom is 0.414 e. The molecular formula is C18H19N3O3S. The van der Waals surface area contributed by atoms with E-state index < -0.39 is 0 Å². The number of likely N-dealkylation sites (tertiary alicyclic amines) is 1. The number of amides is 3. The first-order valence-corrected chi connectivity index (χ1v) is 9.26. The Morgan fingerprint density at radius 3 is 2.92 bits per heavy atom. The Hall–Kier alpha value is -2.54. The van der Waals surface area contributed by atoms with E-state index in [1.54, 1.807) is 22.3 Å². The van der Waals surface area contributed by atoms with E-state index in [0.717, 1.165) is 25.1 Å². The van der Waals surface area contributed by atoms with Crippen molar-refractivity contribution >= 4 is 34.8 Å². The number of ether oxygens (including phenoxy) is 1. The number of urea groups is 1. The van der Waals surface area contributed by atoms with Crippen LogP contribution in [0.1, 0.15) is 23.8 Å². The third-order valence-corrected chi connectivity index (χ3v) is 5.53. The zero-order valence-electron chi connectivity index (χ0n) is 13.7. The van der Waals surface area contributed by atoms with Gasteiger partial charge in [-0.1, -0.05) is 12.1 Å². The van der Waals surface area contributed by atoms with Crippen molar-refractivity contribution in [2.75, 3.05) is 29.9 Å². The molecule has 0 saturated carbocycles. The molecule has 25 heavy (non-hydrogen) atoms. The topological polar surface area (TPSA) is 61.9 Å². The van der Waals surface area contributed by atoms with E-state index in [1.165, 1.54) is 4.88 Å². The molecule has 7 heteroatoms.